The van der Waals surface area contributed by atoms with Crippen molar-refractivity contribution in [3.8, 4) is 12.3 Å². The molecule has 2 heteroatoms. The first-order valence-electron chi connectivity index (χ1n) is 4.21. The van der Waals surface area contributed by atoms with Crippen molar-refractivity contribution >= 4 is 17.3 Å². The second kappa shape index (κ2) is 6.23. The third-order valence-corrected chi connectivity index (χ3v) is 2.22. The largest absolute Gasteiger partial charge is 0.287 e. The summed E-state index contributed by atoms with van der Waals surface area (Å²) in [5, 5.41) is 0.597. The molecule has 0 bridgehead atoms. The maximum atomic E-state index is 5.98. The second-order valence-corrected chi connectivity index (χ2v) is 3.00. The molecule has 0 amide bonds. The summed E-state index contributed by atoms with van der Waals surface area (Å²) < 4.78 is 0. The maximum absolute atomic E-state index is 5.98. The van der Waals surface area contributed by atoms with Crippen molar-refractivity contribution in [3.63, 3.8) is 0 Å². The molecule has 0 unspecified atom stereocenters. The zero-order chi connectivity index (χ0) is 11.1. The summed E-state index contributed by atoms with van der Waals surface area (Å²) in [6, 6.07) is 0. The van der Waals surface area contributed by atoms with Gasteiger partial charge >= 0.3 is 0 Å². The van der Waals surface area contributed by atoms with Crippen molar-refractivity contribution in [1.82, 2.24) is 0 Å². The van der Waals surface area contributed by atoms with Gasteiger partial charge in [0.2, 0.25) is 0 Å². The minimum Gasteiger partial charge on any atom is -0.287 e. The van der Waals surface area contributed by atoms with Crippen molar-refractivity contribution in [1.29, 1.82) is 0 Å². The van der Waals surface area contributed by atoms with Gasteiger partial charge in [-0.15, -0.1) is 6.42 Å². The Labute approximate surface area is 90.9 Å². The average molecular weight is 208 g/mol. The number of hydrogen-bond donors (Lipinski definition) is 0. The lowest BCUT2D eigenvalue weighted by atomic mass is 10.0. The van der Waals surface area contributed by atoms with Gasteiger partial charge < -0.3 is 0 Å². The van der Waals surface area contributed by atoms with Gasteiger partial charge in [0.05, 0.1) is 10.7 Å². The van der Waals surface area contributed by atoms with Crippen LogP contribution in [0.15, 0.2) is 39.9 Å². The number of halogens is 1. The quantitative estimate of drug-likeness (QED) is 0.383. The molecule has 0 aliphatic carbocycles. The minimum atomic E-state index is 0.597. The molecule has 0 aromatic carbocycles. The molecule has 0 rings (SSSR count). The molecule has 0 atom stereocenters. The van der Waals surface area contributed by atoms with Crippen LogP contribution < -0.4 is 0 Å². The fourth-order valence-corrected chi connectivity index (χ4v) is 1.26. The Hall–Kier alpha value is -1.26. The number of rotatable bonds is 3. The van der Waals surface area contributed by atoms with Gasteiger partial charge in [-0.2, -0.15) is 0 Å². The van der Waals surface area contributed by atoms with Gasteiger partial charge in [-0.05, 0) is 19.4 Å². The molecule has 0 aromatic rings. The van der Waals surface area contributed by atoms with E-state index in [1.807, 2.05) is 13.8 Å². The summed E-state index contributed by atoms with van der Waals surface area (Å²) in [7, 11) is 1.68. The topological polar surface area (TPSA) is 12.4 Å². The van der Waals surface area contributed by atoms with E-state index in [0.29, 0.717) is 16.3 Å². The highest BCUT2D eigenvalue weighted by molar-refractivity contribution is 6.46. The Kier molecular flexibility index (Phi) is 5.67. The molecule has 1 nitrogen and oxygen atoms in total. The lowest BCUT2D eigenvalue weighted by Crippen LogP contribution is -2.02. The molecule has 14 heavy (non-hydrogen) atoms. The van der Waals surface area contributed by atoms with E-state index < -0.39 is 0 Å². The van der Waals surface area contributed by atoms with E-state index in [1.54, 1.807) is 19.2 Å². The monoisotopic (exact) mass is 207 g/mol. The van der Waals surface area contributed by atoms with Crippen molar-refractivity contribution in [2.24, 2.45) is 4.99 Å². The summed E-state index contributed by atoms with van der Waals surface area (Å²) in [6.45, 7) is 7.37. The van der Waals surface area contributed by atoms with Crippen LogP contribution in [0, 0.1) is 12.3 Å². The van der Waals surface area contributed by atoms with Gasteiger partial charge in [-0.1, -0.05) is 36.3 Å². The predicted molar refractivity (Wildman–Crippen MR) is 64.7 cm³/mol. The van der Waals surface area contributed by atoms with Crippen LogP contribution in [0.3, 0.4) is 0 Å². The fourth-order valence-electron chi connectivity index (χ4n) is 1.04. The maximum Gasteiger partial charge on any atom is 0.0795 e. The fraction of sp³-hybridized carbons (Fsp3) is 0.250. The second-order valence-electron chi connectivity index (χ2n) is 2.60. The molecular weight excluding hydrogens is 194 g/mol. The normalized spacial score (nSPS) is 14.5. The molecule has 74 valence electrons. The van der Waals surface area contributed by atoms with Crippen LogP contribution in [0.2, 0.25) is 0 Å². The van der Waals surface area contributed by atoms with Crippen molar-refractivity contribution in [2.75, 3.05) is 7.05 Å². The van der Waals surface area contributed by atoms with E-state index in [4.69, 9.17) is 18.0 Å². The van der Waals surface area contributed by atoms with E-state index >= 15 is 0 Å². The SMILES string of the molecule is C#C/C(C=C)=C(/C)C(=NC)/C(Cl)=C\C. The Balaban J connectivity index is 5.41. The lowest BCUT2D eigenvalue weighted by Gasteiger charge is -2.06. The first kappa shape index (κ1) is 12.7. The first-order valence-corrected chi connectivity index (χ1v) is 4.59. The van der Waals surface area contributed by atoms with Crippen LogP contribution in [0.5, 0.6) is 0 Å². The average Bonchev–Trinajstić information content (AvgIpc) is 2.20. The van der Waals surface area contributed by atoms with Crippen LogP contribution >= 0.6 is 11.6 Å². The molecule has 0 spiro atoms. The van der Waals surface area contributed by atoms with Gasteiger partial charge in [0.25, 0.3) is 0 Å². The Bertz CT molecular complexity index is 351. The molecule has 0 saturated carbocycles. The molecule has 0 radical (unpaired) electrons. The highest BCUT2D eigenvalue weighted by Crippen LogP contribution is 2.15. The molecule has 0 fully saturated rings. The number of hydrogen-bond acceptors (Lipinski definition) is 1. The van der Waals surface area contributed by atoms with E-state index in [0.717, 1.165) is 5.57 Å². The highest BCUT2D eigenvalue weighted by atomic mass is 35.5. The summed E-state index contributed by atoms with van der Waals surface area (Å²) in [6.07, 6.45) is 8.73. The molecular formula is C12H14ClN. The summed E-state index contributed by atoms with van der Waals surface area (Å²) >= 11 is 5.98. The Morgan fingerprint density at radius 3 is 2.43 bits per heavy atom. The van der Waals surface area contributed by atoms with Gasteiger partial charge in [0, 0.05) is 12.6 Å². The zero-order valence-corrected chi connectivity index (χ0v) is 9.52. The minimum absolute atomic E-state index is 0.597. The summed E-state index contributed by atoms with van der Waals surface area (Å²) in [4.78, 5) is 4.09. The van der Waals surface area contributed by atoms with Gasteiger partial charge in [0.15, 0.2) is 0 Å². The van der Waals surface area contributed by atoms with Crippen LogP contribution in [-0.4, -0.2) is 12.8 Å². The van der Waals surface area contributed by atoms with E-state index in [2.05, 4.69) is 17.5 Å². The third kappa shape index (κ3) is 2.90. The number of terminal acetylenes is 1. The Morgan fingerprint density at radius 2 is 2.14 bits per heavy atom. The summed E-state index contributed by atoms with van der Waals surface area (Å²) in [5.74, 6) is 2.54. The summed E-state index contributed by atoms with van der Waals surface area (Å²) in [5.41, 5.74) is 2.29. The van der Waals surface area contributed by atoms with Gasteiger partial charge in [-0.3, -0.25) is 4.99 Å². The molecule has 0 N–H and O–H groups in total. The molecule has 0 saturated heterocycles. The standard InChI is InChI=1S/C12H14ClN/c1-6-10(7-2)9(4)12(14-5)11(13)8-3/h1,7-8H,2H2,3-5H3/b10-9+,11-8+,14-12?. The number of aliphatic imine (C=N–C) groups is 1. The van der Waals surface area contributed by atoms with Crippen molar-refractivity contribution in [3.05, 3.63) is 34.9 Å². The molecule has 0 heterocycles. The van der Waals surface area contributed by atoms with E-state index in [-0.39, 0.29) is 0 Å². The van der Waals surface area contributed by atoms with Crippen LogP contribution in [-0.2, 0) is 0 Å². The smallest absolute Gasteiger partial charge is 0.0795 e. The van der Waals surface area contributed by atoms with Crippen LogP contribution in [0.1, 0.15) is 13.8 Å². The third-order valence-electron chi connectivity index (χ3n) is 1.82. The van der Waals surface area contributed by atoms with Crippen LogP contribution in [0.25, 0.3) is 0 Å². The zero-order valence-electron chi connectivity index (χ0n) is 8.76. The van der Waals surface area contributed by atoms with Gasteiger partial charge in [0.1, 0.15) is 0 Å². The molecule has 0 aliphatic heterocycles. The highest BCUT2D eigenvalue weighted by Gasteiger charge is 2.07. The van der Waals surface area contributed by atoms with E-state index in [9.17, 15) is 0 Å². The first-order chi connectivity index (χ1) is 6.62. The molecule has 0 aromatic heterocycles. The predicted octanol–water partition coefficient (Wildman–Crippen LogP) is 3.34. The molecule has 0 aliphatic rings. The van der Waals surface area contributed by atoms with Crippen molar-refractivity contribution in [2.45, 2.75) is 13.8 Å². The van der Waals surface area contributed by atoms with Gasteiger partial charge in [-0.25, -0.2) is 0 Å². The van der Waals surface area contributed by atoms with E-state index in [1.165, 1.54) is 0 Å². The number of allylic oxidation sites excluding steroid dienone is 5. The van der Waals surface area contributed by atoms with Crippen LogP contribution in [0.4, 0.5) is 0 Å². The lowest BCUT2D eigenvalue weighted by molar-refractivity contribution is 1.39. The Morgan fingerprint density at radius 1 is 1.57 bits per heavy atom. The van der Waals surface area contributed by atoms with Crippen molar-refractivity contribution < 1.29 is 0 Å². The number of nitrogens with zero attached hydrogens (tertiary/aromatic N) is 1.